The van der Waals surface area contributed by atoms with Crippen molar-refractivity contribution in [2.75, 3.05) is 19.6 Å². The van der Waals surface area contributed by atoms with Crippen LogP contribution in [0.2, 0.25) is 5.02 Å². The van der Waals surface area contributed by atoms with Gasteiger partial charge in [0.1, 0.15) is 0 Å². The lowest BCUT2D eigenvalue weighted by atomic mass is 10.1. The number of hydrogen-bond acceptors (Lipinski definition) is 3. The minimum absolute atomic E-state index is 0.177. The summed E-state index contributed by atoms with van der Waals surface area (Å²) in [7, 11) is 0. The van der Waals surface area contributed by atoms with E-state index in [0.717, 1.165) is 31.2 Å². The first-order valence-electron chi connectivity index (χ1n) is 6.13. The molecule has 0 saturated carbocycles. The lowest BCUT2D eigenvalue weighted by molar-refractivity contribution is 0.224. The van der Waals surface area contributed by atoms with Crippen molar-refractivity contribution in [2.45, 2.75) is 32.4 Å². The van der Waals surface area contributed by atoms with Crippen LogP contribution in [0.3, 0.4) is 0 Å². The fourth-order valence-corrected chi connectivity index (χ4v) is 2.51. The van der Waals surface area contributed by atoms with E-state index >= 15 is 0 Å². The van der Waals surface area contributed by atoms with Crippen molar-refractivity contribution in [1.82, 2.24) is 15.2 Å². The Kier molecular flexibility index (Phi) is 4.02. The van der Waals surface area contributed by atoms with E-state index in [1.54, 1.807) is 6.20 Å². The summed E-state index contributed by atoms with van der Waals surface area (Å²) in [5.74, 6) is 0. The second kappa shape index (κ2) is 5.34. The number of halogens is 1. The van der Waals surface area contributed by atoms with Crippen LogP contribution in [0, 0.1) is 0 Å². The molecule has 0 aliphatic carbocycles. The number of nitrogens with one attached hydrogen (secondary N) is 1. The highest BCUT2D eigenvalue weighted by atomic mass is 35.5. The van der Waals surface area contributed by atoms with Gasteiger partial charge in [0.15, 0.2) is 0 Å². The third-order valence-electron chi connectivity index (χ3n) is 3.12. The van der Waals surface area contributed by atoms with Crippen LogP contribution in [-0.4, -0.2) is 35.1 Å². The maximum atomic E-state index is 6.15. The Morgan fingerprint density at radius 2 is 2.35 bits per heavy atom. The summed E-state index contributed by atoms with van der Waals surface area (Å²) in [5.41, 5.74) is 1.34. The Morgan fingerprint density at radius 3 is 3.12 bits per heavy atom. The average Bonchev–Trinajstić information content (AvgIpc) is 2.43. The summed E-state index contributed by atoms with van der Waals surface area (Å²) in [6.07, 6.45) is 4.71. The first-order valence-corrected chi connectivity index (χ1v) is 6.50. The molecule has 0 radical (unpaired) electrons. The smallest absolute Gasteiger partial charge is 0.0634 e. The predicted octanol–water partition coefficient (Wildman–Crippen LogP) is 2.31. The quantitative estimate of drug-likeness (QED) is 0.877. The molecule has 0 spiro atoms. The van der Waals surface area contributed by atoms with Crippen molar-refractivity contribution in [2.24, 2.45) is 0 Å². The molecule has 2 heterocycles. The van der Waals surface area contributed by atoms with Gasteiger partial charge in [-0.05, 0) is 45.0 Å². The maximum Gasteiger partial charge on any atom is 0.0634 e. The Balaban J connectivity index is 2.05. The van der Waals surface area contributed by atoms with Crippen molar-refractivity contribution in [1.29, 1.82) is 0 Å². The monoisotopic (exact) mass is 253 g/mol. The molecule has 0 bridgehead atoms. The van der Waals surface area contributed by atoms with Crippen LogP contribution in [0.5, 0.6) is 0 Å². The van der Waals surface area contributed by atoms with E-state index < -0.39 is 0 Å². The van der Waals surface area contributed by atoms with Crippen LogP contribution in [0.25, 0.3) is 0 Å². The van der Waals surface area contributed by atoms with Crippen molar-refractivity contribution in [3.63, 3.8) is 0 Å². The van der Waals surface area contributed by atoms with Crippen LogP contribution < -0.4 is 5.32 Å². The SMILES string of the molecule is CC1(C)CN(Cc2ccncc2Cl)CCCN1. The first kappa shape index (κ1) is 12.8. The molecule has 0 amide bonds. The van der Waals surface area contributed by atoms with Crippen LogP contribution in [0.15, 0.2) is 18.5 Å². The van der Waals surface area contributed by atoms with Gasteiger partial charge in [-0.25, -0.2) is 0 Å². The van der Waals surface area contributed by atoms with E-state index in [2.05, 4.69) is 29.0 Å². The van der Waals surface area contributed by atoms with E-state index in [1.165, 1.54) is 12.0 Å². The Hall–Kier alpha value is -0.640. The van der Waals surface area contributed by atoms with E-state index in [9.17, 15) is 0 Å². The molecule has 94 valence electrons. The largest absolute Gasteiger partial charge is 0.310 e. The Morgan fingerprint density at radius 1 is 1.53 bits per heavy atom. The molecule has 1 saturated heterocycles. The zero-order chi connectivity index (χ0) is 12.3. The predicted molar refractivity (Wildman–Crippen MR) is 71.2 cm³/mol. The van der Waals surface area contributed by atoms with Crippen molar-refractivity contribution in [3.05, 3.63) is 29.0 Å². The second-order valence-corrected chi connectivity index (χ2v) is 5.75. The van der Waals surface area contributed by atoms with Gasteiger partial charge in [-0.2, -0.15) is 0 Å². The zero-order valence-corrected chi connectivity index (χ0v) is 11.3. The fourth-order valence-electron chi connectivity index (χ4n) is 2.33. The zero-order valence-electron chi connectivity index (χ0n) is 10.5. The van der Waals surface area contributed by atoms with E-state index in [-0.39, 0.29) is 5.54 Å². The number of aromatic nitrogens is 1. The third-order valence-corrected chi connectivity index (χ3v) is 3.46. The molecule has 0 unspecified atom stereocenters. The fraction of sp³-hybridized carbons (Fsp3) is 0.615. The number of hydrogen-bond donors (Lipinski definition) is 1. The lowest BCUT2D eigenvalue weighted by Crippen LogP contribution is -2.46. The minimum atomic E-state index is 0.177. The molecule has 4 heteroatoms. The highest BCUT2D eigenvalue weighted by Crippen LogP contribution is 2.18. The van der Waals surface area contributed by atoms with Gasteiger partial charge in [0, 0.05) is 31.0 Å². The van der Waals surface area contributed by atoms with Crippen LogP contribution in [0.4, 0.5) is 0 Å². The summed E-state index contributed by atoms with van der Waals surface area (Å²) in [6, 6.07) is 2.01. The molecule has 1 aliphatic heterocycles. The number of pyridine rings is 1. The summed E-state index contributed by atoms with van der Waals surface area (Å²) in [5, 5.41) is 4.33. The van der Waals surface area contributed by atoms with E-state index in [1.807, 2.05) is 12.3 Å². The topological polar surface area (TPSA) is 28.2 Å². The van der Waals surface area contributed by atoms with Crippen LogP contribution in [0.1, 0.15) is 25.8 Å². The van der Waals surface area contributed by atoms with E-state index in [4.69, 9.17) is 11.6 Å². The Labute approximate surface area is 108 Å². The van der Waals surface area contributed by atoms with E-state index in [0.29, 0.717) is 0 Å². The summed E-state index contributed by atoms with van der Waals surface area (Å²) in [6.45, 7) is 8.67. The highest BCUT2D eigenvalue weighted by molar-refractivity contribution is 6.31. The van der Waals surface area contributed by atoms with Crippen molar-refractivity contribution >= 4 is 11.6 Å². The number of nitrogens with zero attached hydrogens (tertiary/aromatic N) is 2. The van der Waals surface area contributed by atoms with Gasteiger partial charge in [0.2, 0.25) is 0 Å². The highest BCUT2D eigenvalue weighted by Gasteiger charge is 2.24. The third kappa shape index (κ3) is 3.66. The lowest BCUT2D eigenvalue weighted by Gasteiger charge is -2.30. The molecule has 17 heavy (non-hydrogen) atoms. The molecular weight excluding hydrogens is 234 g/mol. The van der Waals surface area contributed by atoms with Gasteiger partial charge in [-0.3, -0.25) is 9.88 Å². The van der Waals surface area contributed by atoms with Gasteiger partial charge in [-0.15, -0.1) is 0 Å². The van der Waals surface area contributed by atoms with Crippen LogP contribution >= 0.6 is 11.6 Å². The van der Waals surface area contributed by atoms with Crippen molar-refractivity contribution < 1.29 is 0 Å². The molecule has 1 aliphatic rings. The summed E-state index contributed by atoms with van der Waals surface area (Å²) in [4.78, 5) is 6.48. The van der Waals surface area contributed by atoms with Gasteiger partial charge in [0.05, 0.1) is 5.02 Å². The van der Waals surface area contributed by atoms with Gasteiger partial charge in [-0.1, -0.05) is 11.6 Å². The summed E-state index contributed by atoms with van der Waals surface area (Å²) < 4.78 is 0. The normalized spacial score (nSPS) is 21.1. The first-order chi connectivity index (χ1) is 8.07. The Bertz CT molecular complexity index is 379. The molecule has 1 aromatic rings. The molecule has 3 nitrogen and oxygen atoms in total. The molecule has 2 rings (SSSR count). The second-order valence-electron chi connectivity index (χ2n) is 5.34. The molecule has 0 atom stereocenters. The molecule has 1 aromatic heterocycles. The molecule has 1 fully saturated rings. The maximum absolute atomic E-state index is 6.15. The molecule has 1 N–H and O–H groups in total. The van der Waals surface area contributed by atoms with Gasteiger partial charge in [0.25, 0.3) is 0 Å². The standard InChI is InChI=1S/C13H20ClN3/c1-13(2)10-17(7-3-5-16-13)9-11-4-6-15-8-12(11)14/h4,6,8,16H,3,5,7,9-10H2,1-2H3. The molecule has 0 aromatic carbocycles. The van der Waals surface area contributed by atoms with Gasteiger partial charge < -0.3 is 5.32 Å². The van der Waals surface area contributed by atoms with Crippen molar-refractivity contribution in [3.8, 4) is 0 Å². The van der Waals surface area contributed by atoms with Gasteiger partial charge >= 0.3 is 0 Å². The average molecular weight is 254 g/mol. The molecular formula is C13H20ClN3. The number of rotatable bonds is 2. The summed E-state index contributed by atoms with van der Waals surface area (Å²) >= 11 is 6.15. The minimum Gasteiger partial charge on any atom is -0.310 e. The van der Waals surface area contributed by atoms with Crippen LogP contribution in [-0.2, 0) is 6.54 Å².